The fourth-order valence-corrected chi connectivity index (χ4v) is 1.25. The summed E-state index contributed by atoms with van der Waals surface area (Å²) in [6.07, 6.45) is 1.25. The molecule has 0 atom stereocenters. The second kappa shape index (κ2) is 11.1. The first-order chi connectivity index (χ1) is 8.61. The zero-order valence-corrected chi connectivity index (χ0v) is 15.1. The minimum Gasteiger partial charge on any atom is -0.282 e. The van der Waals surface area contributed by atoms with Crippen LogP contribution >= 0.6 is 0 Å². The van der Waals surface area contributed by atoms with Crippen LogP contribution in [0.1, 0.15) is 34.1 Å². The minimum atomic E-state index is -0.258. The summed E-state index contributed by atoms with van der Waals surface area (Å²) in [6.45, 7) is 8.25. The summed E-state index contributed by atoms with van der Waals surface area (Å²) in [6, 6.07) is 7.47. The van der Waals surface area contributed by atoms with Gasteiger partial charge in [0.05, 0.1) is 0 Å². The van der Waals surface area contributed by atoms with Crippen molar-refractivity contribution in [2.24, 2.45) is 7.05 Å². The number of H-pyrrole nitrogens is 1. The van der Waals surface area contributed by atoms with Crippen molar-refractivity contribution >= 4 is 10.8 Å². The minimum absolute atomic E-state index is 0. The molecule has 1 aromatic heterocycles. The van der Waals surface area contributed by atoms with Crippen molar-refractivity contribution in [3.63, 3.8) is 0 Å². The van der Waals surface area contributed by atoms with Crippen LogP contribution in [0.4, 0.5) is 0 Å². The molecule has 1 aromatic carbocycles. The fourth-order valence-electron chi connectivity index (χ4n) is 1.25. The van der Waals surface area contributed by atoms with E-state index in [1.807, 2.05) is 13.8 Å². The van der Waals surface area contributed by atoms with Crippen molar-refractivity contribution in [3.8, 4) is 0 Å². The van der Waals surface area contributed by atoms with Gasteiger partial charge in [-0.25, -0.2) is 0 Å². The van der Waals surface area contributed by atoms with Crippen LogP contribution in [-0.4, -0.2) is 9.78 Å². The van der Waals surface area contributed by atoms with Gasteiger partial charge in [0.25, 0.3) is 0 Å². The van der Waals surface area contributed by atoms with Crippen LogP contribution in [-0.2, 0) is 39.8 Å². The summed E-state index contributed by atoms with van der Waals surface area (Å²) in [5.41, 5.74) is -0.474. The Morgan fingerprint density at radius 2 is 1.74 bits per heavy atom. The average molecular weight is 338 g/mol. The van der Waals surface area contributed by atoms with Gasteiger partial charge in [-0.3, -0.25) is 19.4 Å². The van der Waals surface area contributed by atoms with Crippen LogP contribution < -0.4 is 11.1 Å². The third-order valence-corrected chi connectivity index (χ3v) is 1.91. The largest absolute Gasteiger partial charge is 0.282 e. The Balaban J connectivity index is 0. The van der Waals surface area contributed by atoms with Gasteiger partial charge in [0.2, 0.25) is 11.1 Å². The molecule has 1 heterocycles. The summed E-state index contributed by atoms with van der Waals surface area (Å²) in [7, 11) is 1.51. The summed E-state index contributed by atoms with van der Waals surface area (Å²) < 4.78 is 1.17. The van der Waals surface area contributed by atoms with Gasteiger partial charge in [-0.05, 0) is 0 Å². The molecule has 103 valence electrons. The van der Waals surface area contributed by atoms with Gasteiger partial charge >= 0.3 is 0 Å². The Morgan fingerprint density at radius 3 is 2.26 bits per heavy atom. The van der Waals surface area contributed by atoms with Crippen LogP contribution in [0.3, 0.4) is 0 Å². The number of nitrogens with zero attached hydrogens (tertiary/aromatic N) is 1. The molecule has 1 radical (unpaired) electrons. The van der Waals surface area contributed by atoms with E-state index in [0.717, 1.165) is 0 Å². The zero-order valence-electron chi connectivity index (χ0n) is 12.3. The molecular formula is C14H21N2O2Y-. The number of aromatic nitrogens is 2. The Kier molecular flexibility index (Phi) is 12.0. The van der Waals surface area contributed by atoms with E-state index in [1.54, 1.807) is 12.1 Å². The average Bonchev–Trinajstić information content (AvgIpc) is 2.39. The fraction of sp³-hybridized carbons (Fsp3) is 0.429. The van der Waals surface area contributed by atoms with Crippen LogP contribution in [0, 0.1) is 6.07 Å². The topological polar surface area (TPSA) is 54.9 Å². The van der Waals surface area contributed by atoms with Gasteiger partial charge in [-0.2, -0.15) is 24.3 Å². The summed E-state index contributed by atoms with van der Waals surface area (Å²) in [5, 5.41) is 3.22. The van der Waals surface area contributed by atoms with Gasteiger partial charge in [-0.1, -0.05) is 44.9 Å². The normalized spacial score (nSPS) is 8.47. The predicted molar refractivity (Wildman–Crippen MR) is 76.0 cm³/mol. The van der Waals surface area contributed by atoms with Gasteiger partial charge in [-0.15, -0.1) is 0 Å². The van der Waals surface area contributed by atoms with Gasteiger partial charge in [0, 0.05) is 39.8 Å². The molecule has 5 heteroatoms. The molecule has 2 rings (SSSR count). The van der Waals surface area contributed by atoms with Crippen molar-refractivity contribution in [2.45, 2.75) is 34.1 Å². The molecule has 0 saturated heterocycles. The molecule has 2 aromatic rings. The van der Waals surface area contributed by atoms with E-state index in [2.05, 4.69) is 25.0 Å². The number of fused-ring (bicyclic) bond motifs is 1. The maximum atomic E-state index is 11.5. The Hall–Kier alpha value is -0.736. The summed E-state index contributed by atoms with van der Waals surface area (Å²) >= 11 is 0. The Bertz CT molecular complexity index is 588. The summed E-state index contributed by atoms with van der Waals surface area (Å²) in [5.74, 6) is 0. The monoisotopic (exact) mass is 338 g/mol. The van der Waals surface area contributed by atoms with Crippen LogP contribution in [0.25, 0.3) is 10.8 Å². The molecule has 1 N–H and O–H groups in total. The van der Waals surface area contributed by atoms with E-state index < -0.39 is 0 Å². The Labute approximate surface area is 139 Å². The zero-order chi connectivity index (χ0) is 14.1. The van der Waals surface area contributed by atoms with Crippen LogP contribution in [0.5, 0.6) is 0 Å². The second-order valence-electron chi connectivity index (χ2n) is 3.48. The third kappa shape index (κ3) is 5.83. The number of rotatable bonds is 0. The molecule has 0 fully saturated rings. The van der Waals surface area contributed by atoms with E-state index >= 15 is 0 Å². The molecule has 0 saturated carbocycles. The first-order valence-corrected chi connectivity index (χ1v) is 6.20. The molecule has 0 spiro atoms. The quantitative estimate of drug-likeness (QED) is 0.751. The molecule has 0 amide bonds. The predicted octanol–water partition coefficient (Wildman–Crippen LogP) is 2.47. The molecule has 0 aliphatic heterocycles. The number of benzene rings is 1. The van der Waals surface area contributed by atoms with Crippen molar-refractivity contribution < 1.29 is 32.7 Å². The summed E-state index contributed by atoms with van der Waals surface area (Å²) in [4.78, 5) is 22.8. The number of nitrogens with one attached hydrogen (secondary N) is 1. The van der Waals surface area contributed by atoms with Gasteiger partial charge < -0.3 is 0 Å². The number of aryl methyl sites for hydroxylation is 1. The maximum Gasteiger partial charge on any atom is 0.246 e. The third-order valence-electron chi connectivity index (χ3n) is 1.91. The van der Waals surface area contributed by atoms with Crippen molar-refractivity contribution in [1.82, 2.24) is 9.78 Å². The van der Waals surface area contributed by atoms with E-state index in [0.29, 0.717) is 10.8 Å². The van der Waals surface area contributed by atoms with Crippen molar-refractivity contribution in [2.75, 3.05) is 0 Å². The maximum absolute atomic E-state index is 11.5. The van der Waals surface area contributed by atoms with Gasteiger partial charge in [0.15, 0.2) is 0 Å². The SMILES string of the molecule is CC.CCC.Cn1[nH]c(=O)c2cc[c-]cc2c1=O.[Y]. The molecule has 19 heavy (non-hydrogen) atoms. The van der Waals surface area contributed by atoms with E-state index in [-0.39, 0.29) is 43.8 Å². The van der Waals surface area contributed by atoms with E-state index in [9.17, 15) is 9.59 Å². The Morgan fingerprint density at radius 1 is 1.21 bits per heavy atom. The first kappa shape index (κ1) is 20.6. The molecule has 0 aliphatic carbocycles. The number of hydrogen-bond acceptors (Lipinski definition) is 2. The first-order valence-electron chi connectivity index (χ1n) is 6.20. The molecule has 0 aliphatic rings. The number of hydrogen-bond donors (Lipinski definition) is 1. The van der Waals surface area contributed by atoms with Gasteiger partial charge in [0.1, 0.15) is 0 Å². The van der Waals surface area contributed by atoms with E-state index in [4.69, 9.17) is 0 Å². The van der Waals surface area contributed by atoms with Crippen LogP contribution in [0.2, 0.25) is 0 Å². The molecular weight excluding hydrogens is 317 g/mol. The molecule has 4 nitrogen and oxygen atoms in total. The molecule has 0 bridgehead atoms. The van der Waals surface area contributed by atoms with Crippen molar-refractivity contribution in [1.29, 1.82) is 0 Å². The van der Waals surface area contributed by atoms with Crippen LogP contribution in [0.15, 0.2) is 27.8 Å². The molecule has 0 unspecified atom stereocenters. The van der Waals surface area contributed by atoms with Crippen molar-refractivity contribution in [3.05, 3.63) is 45.0 Å². The second-order valence-corrected chi connectivity index (χ2v) is 3.48. The smallest absolute Gasteiger partial charge is 0.246 e. The number of aromatic amines is 1. The standard InChI is InChI=1S/C9H7N2O2.C3H8.C2H6.Y/c1-11-9(13)7-5-3-2-4-6(7)8(12)10-11;1-3-2;1-2;/h2,4-5H,1H3,(H,10,12);3H2,1-2H3;1-2H3;/q-1;;;. The van der Waals surface area contributed by atoms with E-state index in [1.165, 1.54) is 24.2 Å².